The molecule has 3 aliphatic rings. The average molecular weight is 491 g/mol. The maximum atomic E-state index is 14.0. The van der Waals surface area contributed by atoms with E-state index in [4.69, 9.17) is 10.5 Å². The predicted molar refractivity (Wildman–Crippen MR) is 114 cm³/mol. The number of morpholine rings is 1. The molecule has 33 heavy (non-hydrogen) atoms. The quantitative estimate of drug-likeness (QED) is 0.553. The monoisotopic (exact) mass is 490 g/mol. The summed E-state index contributed by atoms with van der Waals surface area (Å²) in [6, 6.07) is 0.758. The van der Waals surface area contributed by atoms with Crippen molar-refractivity contribution < 1.29 is 31.1 Å². The molecule has 3 aliphatic heterocycles. The molecular formula is C21H29F3N4O4S. The zero-order valence-electron chi connectivity index (χ0n) is 18.2. The van der Waals surface area contributed by atoms with E-state index in [0.717, 1.165) is 18.9 Å². The van der Waals surface area contributed by atoms with Crippen molar-refractivity contribution in [3.63, 3.8) is 0 Å². The summed E-state index contributed by atoms with van der Waals surface area (Å²) in [5.41, 5.74) is 6.35. The minimum Gasteiger partial charge on any atom is -0.379 e. The summed E-state index contributed by atoms with van der Waals surface area (Å²) in [7, 11) is -3.76. The second-order valence-electron chi connectivity index (χ2n) is 8.98. The molecule has 12 heteroatoms. The van der Waals surface area contributed by atoms with Gasteiger partial charge in [0.15, 0.2) is 11.6 Å². The average Bonchev–Trinajstić information content (AvgIpc) is 3.05. The number of halogens is 3. The van der Waals surface area contributed by atoms with Crippen LogP contribution in [0.25, 0.3) is 0 Å². The third-order valence-corrected chi connectivity index (χ3v) is 8.48. The number of nitrogens with two attached hydrogens (primary N) is 1. The number of hydrogen-bond acceptors (Lipinski definition) is 5. The second kappa shape index (κ2) is 9.87. The fourth-order valence-electron chi connectivity index (χ4n) is 5.24. The van der Waals surface area contributed by atoms with Gasteiger partial charge in [0, 0.05) is 37.3 Å². The van der Waals surface area contributed by atoms with Gasteiger partial charge in [0.2, 0.25) is 5.91 Å². The highest BCUT2D eigenvalue weighted by Gasteiger charge is 2.44. The van der Waals surface area contributed by atoms with E-state index in [1.165, 1.54) is 4.31 Å². The van der Waals surface area contributed by atoms with E-state index in [1.54, 1.807) is 4.90 Å². The van der Waals surface area contributed by atoms with E-state index in [9.17, 15) is 26.4 Å². The van der Waals surface area contributed by atoms with Crippen LogP contribution in [-0.4, -0.2) is 74.5 Å². The highest BCUT2D eigenvalue weighted by atomic mass is 32.2. The molecule has 8 nitrogen and oxygen atoms in total. The molecule has 0 unspecified atom stereocenters. The first kappa shape index (κ1) is 24.4. The molecule has 0 spiro atoms. The lowest BCUT2D eigenvalue weighted by atomic mass is 9.82. The summed E-state index contributed by atoms with van der Waals surface area (Å²) in [6.07, 6.45) is 2.85. The van der Waals surface area contributed by atoms with Gasteiger partial charge in [-0.05, 0) is 49.7 Å². The number of benzene rings is 1. The van der Waals surface area contributed by atoms with Gasteiger partial charge >= 0.3 is 0 Å². The highest BCUT2D eigenvalue weighted by molar-refractivity contribution is 7.87. The minimum atomic E-state index is -3.76. The van der Waals surface area contributed by atoms with Gasteiger partial charge in [-0.2, -0.15) is 17.4 Å². The molecule has 1 amide bonds. The molecule has 3 saturated heterocycles. The van der Waals surface area contributed by atoms with Crippen molar-refractivity contribution in [1.29, 1.82) is 0 Å². The summed E-state index contributed by atoms with van der Waals surface area (Å²) in [4.78, 5) is 14.6. The van der Waals surface area contributed by atoms with E-state index in [2.05, 4.69) is 4.72 Å². The van der Waals surface area contributed by atoms with Gasteiger partial charge in [-0.25, -0.2) is 13.2 Å². The van der Waals surface area contributed by atoms with Gasteiger partial charge in [-0.3, -0.25) is 4.79 Å². The number of hydrogen-bond donors (Lipinski definition) is 2. The standard InChI is InChI=1S/C21H29F3N4O4S/c22-17-11-19(24)18(23)9-13(17)10-20(25)14-7-15-1-2-16(8-14)28(15)21(29)12-26-33(30,31)27-3-5-32-6-4-27/h9,11,14-16,20,26H,1-8,10,12,25H2/t14-,15-,16+,20-/m1/s1. The molecule has 3 N–H and O–H groups in total. The second-order valence-corrected chi connectivity index (χ2v) is 10.7. The molecule has 0 aliphatic carbocycles. The lowest BCUT2D eigenvalue weighted by Crippen LogP contribution is -2.54. The van der Waals surface area contributed by atoms with Crippen LogP contribution in [0.2, 0.25) is 0 Å². The molecule has 2 bridgehead atoms. The maximum Gasteiger partial charge on any atom is 0.280 e. The van der Waals surface area contributed by atoms with Gasteiger partial charge < -0.3 is 15.4 Å². The van der Waals surface area contributed by atoms with Gasteiger partial charge in [0.25, 0.3) is 10.2 Å². The van der Waals surface area contributed by atoms with Crippen molar-refractivity contribution in [1.82, 2.24) is 13.9 Å². The Morgan fingerprint density at radius 3 is 2.33 bits per heavy atom. The Balaban J connectivity index is 1.34. The molecule has 3 heterocycles. The van der Waals surface area contributed by atoms with Crippen molar-refractivity contribution >= 4 is 16.1 Å². The van der Waals surface area contributed by atoms with E-state index in [1.807, 2.05) is 0 Å². The van der Waals surface area contributed by atoms with Crippen LogP contribution < -0.4 is 10.5 Å². The molecule has 4 atom stereocenters. The number of fused-ring (bicyclic) bond motifs is 2. The van der Waals surface area contributed by atoms with Crippen LogP contribution in [0.4, 0.5) is 13.2 Å². The van der Waals surface area contributed by atoms with Crippen molar-refractivity contribution in [2.45, 2.75) is 50.2 Å². The molecule has 184 valence electrons. The smallest absolute Gasteiger partial charge is 0.280 e. The number of nitrogens with one attached hydrogen (secondary N) is 1. The van der Waals surface area contributed by atoms with E-state index in [0.29, 0.717) is 32.1 Å². The molecule has 1 aromatic carbocycles. The van der Waals surface area contributed by atoms with Crippen LogP contribution in [0.15, 0.2) is 12.1 Å². The van der Waals surface area contributed by atoms with Gasteiger partial charge in [-0.15, -0.1) is 0 Å². The van der Waals surface area contributed by atoms with Crippen molar-refractivity contribution in [3.8, 4) is 0 Å². The van der Waals surface area contributed by atoms with Crippen LogP contribution in [0.3, 0.4) is 0 Å². The molecule has 0 saturated carbocycles. The van der Waals surface area contributed by atoms with Gasteiger partial charge in [0.05, 0.1) is 19.8 Å². The van der Waals surface area contributed by atoms with Crippen LogP contribution in [0, 0.1) is 23.4 Å². The highest BCUT2D eigenvalue weighted by Crippen LogP contribution is 2.40. The summed E-state index contributed by atoms with van der Waals surface area (Å²) in [5.74, 6) is -3.47. The number of nitrogens with zero attached hydrogens (tertiary/aromatic N) is 2. The third kappa shape index (κ3) is 5.35. The molecule has 1 aromatic rings. The lowest BCUT2D eigenvalue weighted by Gasteiger charge is -2.41. The Morgan fingerprint density at radius 2 is 1.70 bits per heavy atom. The first-order valence-corrected chi connectivity index (χ1v) is 12.6. The van der Waals surface area contributed by atoms with Crippen molar-refractivity contribution in [2.24, 2.45) is 11.7 Å². The molecule has 4 rings (SSSR count). The maximum absolute atomic E-state index is 14.0. The Kier molecular flexibility index (Phi) is 7.29. The first-order valence-electron chi connectivity index (χ1n) is 11.2. The third-order valence-electron chi connectivity index (χ3n) is 6.92. The van der Waals surface area contributed by atoms with Gasteiger partial charge in [0.1, 0.15) is 5.82 Å². The number of rotatable bonds is 7. The number of amides is 1. The number of ether oxygens (including phenoxy) is 1. The van der Waals surface area contributed by atoms with Crippen molar-refractivity contribution in [3.05, 3.63) is 35.1 Å². The van der Waals surface area contributed by atoms with E-state index < -0.39 is 33.7 Å². The zero-order chi connectivity index (χ0) is 23.8. The lowest BCUT2D eigenvalue weighted by molar-refractivity contribution is -0.135. The molecule has 0 radical (unpaired) electrons. The Labute approximate surface area is 191 Å². The predicted octanol–water partition coefficient (Wildman–Crippen LogP) is 0.910. The zero-order valence-corrected chi connectivity index (χ0v) is 19.0. The van der Waals surface area contributed by atoms with Crippen LogP contribution in [0.5, 0.6) is 0 Å². The van der Waals surface area contributed by atoms with Gasteiger partial charge in [-0.1, -0.05) is 0 Å². The SMILES string of the molecule is N[C@H](Cc1cc(F)c(F)cc1F)[C@@H]1C[C@H]2CC[C@@H](C1)N2C(=O)CNS(=O)(=O)N1CCOCC1. The Bertz CT molecular complexity index is 976. The summed E-state index contributed by atoms with van der Waals surface area (Å²) >= 11 is 0. The van der Waals surface area contributed by atoms with E-state index in [-0.39, 0.29) is 55.5 Å². The first-order chi connectivity index (χ1) is 15.7. The van der Waals surface area contributed by atoms with Crippen LogP contribution in [0.1, 0.15) is 31.2 Å². The van der Waals surface area contributed by atoms with E-state index >= 15 is 0 Å². The molecule has 3 fully saturated rings. The summed E-state index contributed by atoms with van der Waals surface area (Å²) in [5, 5.41) is 0. The number of piperidine rings is 1. The van der Waals surface area contributed by atoms with Crippen LogP contribution >= 0.6 is 0 Å². The fourth-order valence-corrected chi connectivity index (χ4v) is 6.36. The normalized spacial score (nSPS) is 27.0. The topological polar surface area (TPSA) is 105 Å². The number of carbonyl (C=O) groups is 1. The fraction of sp³-hybridized carbons (Fsp3) is 0.667. The Morgan fingerprint density at radius 1 is 1.09 bits per heavy atom. The summed E-state index contributed by atoms with van der Waals surface area (Å²) in [6.45, 7) is 0.819. The Hall–Kier alpha value is -1.73. The largest absolute Gasteiger partial charge is 0.379 e. The van der Waals surface area contributed by atoms with Crippen molar-refractivity contribution in [2.75, 3.05) is 32.8 Å². The summed E-state index contributed by atoms with van der Waals surface area (Å²) < 4.78 is 74.4. The minimum absolute atomic E-state index is 0.0101. The molecular weight excluding hydrogens is 461 g/mol. The van der Waals surface area contributed by atoms with Crippen LogP contribution in [-0.2, 0) is 26.2 Å². The number of carbonyl (C=O) groups excluding carboxylic acids is 1. The molecule has 0 aromatic heterocycles.